The van der Waals surface area contributed by atoms with Gasteiger partial charge < -0.3 is 10.2 Å². The highest BCUT2D eigenvalue weighted by Crippen LogP contribution is 2.07. The number of carbonyl (C=O) groups is 1. The van der Waals surface area contributed by atoms with E-state index in [1.54, 1.807) is 6.20 Å². The second-order valence-electron chi connectivity index (χ2n) is 4.99. The smallest absolute Gasteiger partial charge is 0.239 e. The molecule has 5 nitrogen and oxygen atoms in total. The molecule has 1 aromatic rings. The average molecular weight is 262 g/mol. The first kappa shape index (κ1) is 14.0. The van der Waals surface area contributed by atoms with Gasteiger partial charge in [0.05, 0.1) is 11.7 Å². The Bertz CT molecular complexity index is 403. The molecule has 0 aromatic carbocycles. The first-order chi connectivity index (χ1) is 9.18. The summed E-state index contributed by atoms with van der Waals surface area (Å²) in [6.07, 6.45) is 1.78. The van der Waals surface area contributed by atoms with Crippen molar-refractivity contribution in [3.63, 3.8) is 0 Å². The van der Waals surface area contributed by atoms with Crippen LogP contribution in [0.2, 0.25) is 0 Å². The van der Waals surface area contributed by atoms with Crippen LogP contribution in [0.25, 0.3) is 0 Å². The number of likely N-dealkylation sites (N-methyl/N-ethyl adjacent to an activating group) is 1. The monoisotopic (exact) mass is 262 g/mol. The predicted octanol–water partition coefficient (Wildman–Crippen LogP) is 0.334. The van der Waals surface area contributed by atoms with Crippen LogP contribution in [0.4, 0.5) is 0 Å². The molecule has 1 amide bonds. The summed E-state index contributed by atoms with van der Waals surface area (Å²) in [6.45, 7) is 6.05. The van der Waals surface area contributed by atoms with Crippen LogP contribution in [-0.4, -0.2) is 60.0 Å². The molecule has 2 rings (SSSR count). The number of amides is 1. The summed E-state index contributed by atoms with van der Waals surface area (Å²) in [5.41, 5.74) is 0.991. The second-order valence-corrected chi connectivity index (χ2v) is 4.99. The van der Waals surface area contributed by atoms with Crippen molar-refractivity contribution >= 4 is 5.91 Å². The van der Waals surface area contributed by atoms with Crippen molar-refractivity contribution < 1.29 is 4.79 Å². The number of piperazine rings is 1. The Kier molecular flexibility index (Phi) is 4.87. The van der Waals surface area contributed by atoms with E-state index in [1.807, 2.05) is 42.0 Å². The summed E-state index contributed by atoms with van der Waals surface area (Å²) < 4.78 is 0. The summed E-state index contributed by atoms with van der Waals surface area (Å²) in [5, 5.41) is 3.26. The van der Waals surface area contributed by atoms with Crippen LogP contribution in [0.1, 0.15) is 12.6 Å². The van der Waals surface area contributed by atoms with E-state index in [4.69, 9.17) is 0 Å². The molecule has 1 saturated heterocycles. The Morgan fingerprint density at radius 2 is 2.21 bits per heavy atom. The lowest BCUT2D eigenvalue weighted by atomic mass is 10.2. The SMILES string of the molecule is CC(C(=O)N1CCNCC1)N(C)Cc1ccccn1. The normalized spacial score (nSPS) is 17.5. The third-order valence-electron chi connectivity index (χ3n) is 3.58. The van der Waals surface area contributed by atoms with Crippen molar-refractivity contribution in [1.82, 2.24) is 20.1 Å². The van der Waals surface area contributed by atoms with Gasteiger partial charge in [-0.1, -0.05) is 6.07 Å². The fourth-order valence-corrected chi connectivity index (χ4v) is 2.22. The molecule has 104 valence electrons. The predicted molar refractivity (Wildman–Crippen MR) is 74.6 cm³/mol. The van der Waals surface area contributed by atoms with Gasteiger partial charge in [0, 0.05) is 38.9 Å². The van der Waals surface area contributed by atoms with E-state index >= 15 is 0 Å². The molecule has 1 atom stereocenters. The minimum absolute atomic E-state index is 0.111. The number of pyridine rings is 1. The quantitative estimate of drug-likeness (QED) is 0.850. The maximum absolute atomic E-state index is 12.4. The minimum Gasteiger partial charge on any atom is -0.339 e. The lowest BCUT2D eigenvalue weighted by Gasteiger charge is -2.33. The molecule has 1 unspecified atom stereocenters. The Labute approximate surface area is 114 Å². The third kappa shape index (κ3) is 3.75. The molecule has 1 aliphatic heterocycles. The molecule has 19 heavy (non-hydrogen) atoms. The van der Waals surface area contributed by atoms with Crippen molar-refractivity contribution in [1.29, 1.82) is 0 Å². The number of nitrogens with zero attached hydrogens (tertiary/aromatic N) is 3. The molecule has 0 bridgehead atoms. The van der Waals surface area contributed by atoms with E-state index in [0.717, 1.165) is 31.9 Å². The molecule has 0 aliphatic carbocycles. The zero-order chi connectivity index (χ0) is 13.7. The highest BCUT2D eigenvalue weighted by Gasteiger charge is 2.24. The molecular weight excluding hydrogens is 240 g/mol. The van der Waals surface area contributed by atoms with E-state index in [-0.39, 0.29) is 11.9 Å². The molecule has 1 N–H and O–H groups in total. The number of rotatable bonds is 4. The van der Waals surface area contributed by atoms with Crippen LogP contribution >= 0.6 is 0 Å². The van der Waals surface area contributed by atoms with E-state index in [2.05, 4.69) is 10.3 Å². The Hall–Kier alpha value is -1.46. The molecule has 0 saturated carbocycles. The van der Waals surface area contributed by atoms with Crippen LogP contribution in [-0.2, 0) is 11.3 Å². The van der Waals surface area contributed by atoms with E-state index in [1.165, 1.54) is 0 Å². The molecule has 5 heteroatoms. The minimum atomic E-state index is -0.111. The summed E-state index contributed by atoms with van der Waals surface area (Å²) in [7, 11) is 1.97. The van der Waals surface area contributed by atoms with Crippen LogP contribution < -0.4 is 5.32 Å². The van der Waals surface area contributed by atoms with Gasteiger partial charge in [0.2, 0.25) is 5.91 Å². The standard InChI is InChI=1S/C14H22N4O/c1-12(14(19)18-9-7-15-8-10-18)17(2)11-13-5-3-4-6-16-13/h3-6,12,15H,7-11H2,1-2H3. The maximum atomic E-state index is 12.4. The van der Waals surface area contributed by atoms with Gasteiger partial charge >= 0.3 is 0 Å². The largest absolute Gasteiger partial charge is 0.339 e. The van der Waals surface area contributed by atoms with Gasteiger partial charge in [-0.25, -0.2) is 0 Å². The Balaban J connectivity index is 1.90. The molecule has 0 spiro atoms. The Morgan fingerprint density at radius 3 is 2.84 bits per heavy atom. The number of nitrogens with one attached hydrogen (secondary N) is 1. The Morgan fingerprint density at radius 1 is 1.47 bits per heavy atom. The van der Waals surface area contributed by atoms with Gasteiger partial charge in [0.25, 0.3) is 0 Å². The van der Waals surface area contributed by atoms with Crippen molar-refractivity contribution in [2.75, 3.05) is 33.2 Å². The lowest BCUT2D eigenvalue weighted by Crippen LogP contribution is -2.52. The molecule has 2 heterocycles. The number of hydrogen-bond donors (Lipinski definition) is 1. The number of aromatic nitrogens is 1. The van der Waals surface area contributed by atoms with Gasteiger partial charge in [-0.05, 0) is 26.1 Å². The second kappa shape index (κ2) is 6.63. The van der Waals surface area contributed by atoms with Gasteiger partial charge in [-0.15, -0.1) is 0 Å². The number of hydrogen-bond acceptors (Lipinski definition) is 4. The highest BCUT2D eigenvalue weighted by molar-refractivity contribution is 5.81. The van der Waals surface area contributed by atoms with E-state index < -0.39 is 0 Å². The average Bonchev–Trinajstić information content (AvgIpc) is 2.47. The number of carbonyl (C=O) groups excluding carboxylic acids is 1. The summed E-state index contributed by atoms with van der Waals surface area (Å²) in [4.78, 5) is 20.7. The fourth-order valence-electron chi connectivity index (χ4n) is 2.22. The fraction of sp³-hybridized carbons (Fsp3) is 0.571. The van der Waals surface area contributed by atoms with Gasteiger partial charge in [-0.3, -0.25) is 14.7 Å². The van der Waals surface area contributed by atoms with Crippen molar-refractivity contribution in [2.24, 2.45) is 0 Å². The zero-order valence-corrected chi connectivity index (χ0v) is 11.7. The van der Waals surface area contributed by atoms with Crippen LogP contribution in [0.3, 0.4) is 0 Å². The summed E-state index contributed by atoms with van der Waals surface area (Å²) in [6, 6.07) is 5.75. The summed E-state index contributed by atoms with van der Waals surface area (Å²) in [5.74, 6) is 0.208. The first-order valence-electron chi connectivity index (χ1n) is 6.78. The van der Waals surface area contributed by atoms with Crippen molar-refractivity contribution in [3.8, 4) is 0 Å². The van der Waals surface area contributed by atoms with Crippen molar-refractivity contribution in [2.45, 2.75) is 19.5 Å². The van der Waals surface area contributed by atoms with Gasteiger partial charge in [-0.2, -0.15) is 0 Å². The molecule has 1 aliphatic rings. The zero-order valence-electron chi connectivity index (χ0n) is 11.7. The molecular formula is C14H22N4O. The third-order valence-corrected chi connectivity index (χ3v) is 3.58. The van der Waals surface area contributed by atoms with E-state index in [0.29, 0.717) is 6.54 Å². The van der Waals surface area contributed by atoms with Crippen LogP contribution in [0, 0.1) is 0 Å². The molecule has 0 radical (unpaired) electrons. The maximum Gasteiger partial charge on any atom is 0.239 e. The molecule has 1 aromatic heterocycles. The highest BCUT2D eigenvalue weighted by atomic mass is 16.2. The van der Waals surface area contributed by atoms with Crippen LogP contribution in [0.15, 0.2) is 24.4 Å². The van der Waals surface area contributed by atoms with Crippen LogP contribution in [0.5, 0.6) is 0 Å². The summed E-state index contributed by atoms with van der Waals surface area (Å²) >= 11 is 0. The first-order valence-corrected chi connectivity index (χ1v) is 6.78. The van der Waals surface area contributed by atoms with Gasteiger partial charge in [0.15, 0.2) is 0 Å². The lowest BCUT2D eigenvalue weighted by molar-refractivity contribution is -0.136. The van der Waals surface area contributed by atoms with E-state index in [9.17, 15) is 4.79 Å². The van der Waals surface area contributed by atoms with Gasteiger partial charge in [0.1, 0.15) is 0 Å². The topological polar surface area (TPSA) is 48.5 Å². The molecule has 1 fully saturated rings. The van der Waals surface area contributed by atoms with Crippen molar-refractivity contribution in [3.05, 3.63) is 30.1 Å².